The number of carbonyl (C=O) groups is 1. The number of benzene rings is 1. The van der Waals surface area contributed by atoms with Gasteiger partial charge in [-0.05, 0) is 18.2 Å². The summed E-state index contributed by atoms with van der Waals surface area (Å²) in [5.74, 6) is -1.69. The highest BCUT2D eigenvalue weighted by Crippen LogP contribution is 2.24. The Morgan fingerprint density at radius 1 is 1.62 bits per heavy atom. The van der Waals surface area contributed by atoms with Gasteiger partial charge in [-0.25, -0.2) is 9.18 Å². The van der Waals surface area contributed by atoms with Gasteiger partial charge in [-0.2, -0.15) is 5.26 Å². The molecule has 0 unspecified atom stereocenters. The number of halogens is 1. The fourth-order valence-electron chi connectivity index (χ4n) is 1.18. The number of carboxylic acid groups (broad SMARTS) is 1. The van der Waals surface area contributed by atoms with E-state index in [1.807, 2.05) is 0 Å². The van der Waals surface area contributed by atoms with Gasteiger partial charge in [0.2, 0.25) is 0 Å². The monoisotopic (exact) mass is 221 g/mol. The maximum atomic E-state index is 13.4. The van der Waals surface area contributed by atoms with E-state index in [2.05, 4.69) is 0 Å². The third kappa shape index (κ3) is 2.36. The van der Waals surface area contributed by atoms with Crippen LogP contribution in [-0.4, -0.2) is 18.2 Å². The predicted octanol–water partition coefficient (Wildman–Crippen LogP) is 1.80. The van der Waals surface area contributed by atoms with Crippen molar-refractivity contribution in [2.24, 2.45) is 0 Å². The Balaban J connectivity index is 3.36. The molecule has 1 aromatic rings. The second-order valence-electron chi connectivity index (χ2n) is 2.82. The van der Waals surface area contributed by atoms with Crippen LogP contribution in [0.2, 0.25) is 0 Å². The highest BCUT2D eigenvalue weighted by molar-refractivity contribution is 5.86. The Bertz CT molecular complexity index is 489. The summed E-state index contributed by atoms with van der Waals surface area (Å²) in [5.41, 5.74) is -0.121. The lowest BCUT2D eigenvalue weighted by Gasteiger charge is -2.05. The normalized spacial score (nSPS) is 10.1. The summed E-state index contributed by atoms with van der Waals surface area (Å²) in [6.45, 7) is 0. The third-order valence-corrected chi connectivity index (χ3v) is 1.88. The molecule has 4 nitrogen and oxygen atoms in total. The Hall–Kier alpha value is -2.35. The van der Waals surface area contributed by atoms with Gasteiger partial charge >= 0.3 is 5.97 Å². The number of nitriles is 1. The van der Waals surface area contributed by atoms with Gasteiger partial charge in [-0.3, -0.25) is 0 Å². The number of hydrogen-bond donors (Lipinski definition) is 1. The standard InChI is InChI=1S/C11H8FNO3/c1-16-10-4-3-9(12)7(8(10)6-13)2-5-11(14)15/h2-5H,1H3,(H,14,15)/b5-2+. The van der Waals surface area contributed by atoms with E-state index in [9.17, 15) is 9.18 Å². The molecule has 5 heteroatoms. The lowest BCUT2D eigenvalue weighted by molar-refractivity contribution is -0.131. The van der Waals surface area contributed by atoms with Gasteiger partial charge in [0.1, 0.15) is 23.2 Å². The number of rotatable bonds is 3. The fraction of sp³-hybridized carbons (Fsp3) is 0.0909. The molecule has 0 aliphatic rings. The second-order valence-corrected chi connectivity index (χ2v) is 2.82. The van der Waals surface area contributed by atoms with Gasteiger partial charge in [-0.1, -0.05) is 0 Å². The van der Waals surface area contributed by atoms with Crippen molar-refractivity contribution in [1.82, 2.24) is 0 Å². The number of nitrogens with zero attached hydrogens (tertiary/aromatic N) is 1. The van der Waals surface area contributed by atoms with Crippen LogP contribution in [0.15, 0.2) is 18.2 Å². The average Bonchev–Trinajstić information content (AvgIpc) is 2.26. The summed E-state index contributed by atoms with van der Waals surface area (Å²) < 4.78 is 18.2. The number of aliphatic carboxylic acids is 1. The molecular formula is C11H8FNO3. The molecule has 0 saturated heterocycles. The van der Waals surface area contributed by atoms with Crippen LogP contribution < -0.4 is 4.74 Å². The number of hydrogen-bond acceptors (Lipinski definition) is 3. The predicted molar refractivity (Wildman–Crippen MR) is 54.3 cm³/mol. The van der Waals surface area contributed by atoms with Crippen molar-refractivity contribution < 1.29 is 19.0 Å². The van der Waals surface area contributed by atoms with Crippen molar-refractivity contribution >= 4 is 12.0 Å². The lowest BCUT2D eigenvalue weighted by atomic mass is 10.1. The first-order chi connectivity index (χ1) is 7.60. The van der Waals surface area contributed by atoms with E-state index in [1.165, 1.54) is 13.2 Å². The molecule has 0 amide bonds. The molecule has 0 aliphatic carbocycles. The van der Waals surface area contributed by atoms with Crippen molar-refractivity contribution in [2.75, 3.05) is 7.11 Å². The molecule has 0 fully saturated rings. The van der Waals surface area contributed by atoms with E-state index in [0.717, 1.165) is 18.2 Å². The second kappa shape index (κ2) is 4.94. The molecule has 0 heterocycles. The largest absolute Gasteiger partial charge is 0.495 e. The van der Waals surface area contributed by atoms with Crippen molar-refractivity contribution in [2.45, 2.75) is 0 Å². The zero-order chi connectivity index (χ0) is 12.1. The van der Waals surface area contributed by atoms with Gasteiger partial charge in [0.05, 0.1) is 7.11 Å². The average molecular weight is 221 g/mol. The maximum Gasteiger partial charge on any atom is 0.328 e. The van der Waals surface area contributed by atoms with E-state index in [0.29, 0.717) is 0 Å². The molecule has 82 valence electrons. The molecule has 1 rings (SSSR count). The van der Waals surface area contributed by atoms with Crippen LogP contribution in [0.3, 0.4) is 0 Å². The number of methoxy groups -OCH3 is 1. The van der Waals surface area contributed by atoms with Crippen LogP contribution in [-0.2, 0) is 4.79 Å². The van der Waals surface area contributed by atoms with Crippen LogP contribution in [0.4, 0.5) is 4.39 Å². The van der Waals surface area contributed by atoms with Crippen LogP contribution >= 0.6 is 0 Å². The van der Waals surface area contributed by atoms with E-state index < -0.39 is 11.8 Å². The topological polar surface area (TPSA) is 70.3 Å². The van der Waals surface area contributed by atoms with Crippen LogP contribution in [0, 0.1) is 17.1 Å². The van der Waals surface area contributed by atoms with E-state index in [4.69, 9.17) is 15.1 Å². The van der Waals surface area contributed by atoms with Gasteiger partial charge in [0.25, 0.3) is 0 Å². The van der Waals surface area contributed by atoms with E-state index in [1.54, 1.807) is 6.07 Å². The minimum absolute atomic E-state index is 0.0278. The third-order valence-electron chi connectivity index (χ3n) is 1.88. The van der Waals surface area contributed by atoms with Crippen molar-refractivity contribution in [3.8, 4) is 11.8 Å². The smallest absolute Gasteiger partial charge is 0.328 e. The number of carboxylic acids is 1. The molecule has 0 saturated carbocycles. The molecule has 0 radical (unpaired) electrons. The fourth-order valence-corrected chi connectivity index (χ4v) is 1.18. The molecule has 1 aromatic carbocycles. The summed E-state index contributed by atoms with van der Waals surface area (Å²) in [4.78, 5) is 10.3. The Kier molecular flexibility index (Phi) is 3.62. The molecule has 0 atom stereocenters. The summed E-state index contributed by atoms with van der Waals surface area (Å²) in [5, 5.41) is 17.3. The highest BCUT2D eigenvalue weighted by atomic mass is 19.1. The molecule has 0 aromatic heterocycles. The van der Waals surface area contributed by atoms with Crippen molar-refractivity contribution in [1.29, 1.82) is 5.26 Å². The maximum absolute atomic E-state index is 13.4. The molecule has 0 aliphatic heterocycles. The number of ether oxygens (including phenoxy) is 1. The highest BCUT2D eigenvalue weighted by Gasteiger charge is 2.11. The minimum Gasteiger partial charge on any atom is -0.495 e. The minimum atomic E-state index is -1.22. The first-order valence-electron chi connectivity index (χ1n) is 4.27. The Morgan fingerprint density at radius 3 is 2.81 bits per heavy atom. The summed E-state index contributed by atoms with van der Waals surface area (Å²) in [6, 6.07) is 4.19. The molecule has 1 N–H and O–H groups in total. The van der Waals surface area contributed by atoms with Gasteiger partial charge in [0.15, 0.2) is 0 Å². The van der Waals surface area contributed by atoms with Crippen LogP contribution in [0.25, 0.3) is 6.08 Å². The van der Waals surface area contributed by atoms with Crippen LogP contribution in [0.1, 0.15) is 11.1 Å². The Morgan fingerprint density at radius 2 is 2.31 bits per heavy atom. The molecule has 0 spiro atoms. The Labute approximate surface area is 91.2 Å². The van der Waals surface area contributed by atoms with Crippen molar-refractivity contribution in [3.05, 3.63) is 35.2 Å². The van der Waals surface area contributed by atoms with Crippen molar-refractivity contribution in [3.63, 3.8) is 0 Å². The van der Waals surface area contributed by atoms with Gasteiger partial charge < -0.3 is 9.84 Å². The first-order valence-corrected chi connectivity index (χ1v) is 4.27. The molecule has 0 bridgehead atoms. The van der Waals surface area contributed by atoms with Crippen LogP contribution in [0.5, 0.6) is 5.75 Å². The van der Waals surface area contributed by atoms with Gasteiger partial charge in [-0.15, -0.1) is 0 Å². The van der Waals surface area contributed by atoms with Gasteiger partial charge in [0, 0.05) is 11.6 Å². The summed E-state index contributed by atoms with van der Waals surface area (Å²) >= 11 is 0. The summed E-state index contributed by atoms with van der Waals surface area (Å²) in [7, 11) is 1.35. The van der Waals surface area contributed by atoms with E-state index in [-0.39, 0.29) is 16.9 Å². The summed E-state index contributed by atoms with van der Waals surface area (Å²) in [6.07, 6.45) is 1.79. The zero-order valence-electron chi connectivity index (χ0n) is 8.40. The quantitative estimate of drug-likeness (QED) is 0.790. The first kappa shape index (κ1) is 11.7. The van der Waals surface area contributed by atoms with E-state index >= 15 is 0 Å². The molecule has 16 heavy (non-hydrogen) atoms. The SMILES string of the molecule is COc1ccc(F)c(/C=C/C(=O)O)c1C#N. The zero-order valence-corrected chi connectivity index (χ0v) is 8.40. The lowest BCUT2D eigenvalue weighted by Crippen LogP contribution is -1.95. The molecular weight excluding hydrogens is 213 g/mol.